The zero-order chi connectivity index (χ0) is 19.2. The van der Waals surface area contributed by atoms with E-state index in [1.807, 2.05) is 38.1 Å². The number of para-hydroxylation sites is 1. The summed E-state index contributed by atoms with van der Waals surface area (Å²) in [7, 11) is 0. The number of benzene rings is 2. The number of rotatable bonds is 6. The molecule has 0 spiro atoms. The SMILES string of the molecule is CCNC(=NCc1oc2ccccc2c1C)NCC(O)c1ccc(F)cc1. The maximum absolute atomic E-state index is 13.0. The molecule has 1 aromatic heterocycles. The summed E-state index contributed by atoms with van der Waals surface area (Å²) >= 11 is 0. The Hall–Kier alpha value is -2.86. The van der Waals surface area contributed by atoms with E-state index in [9.17, 15) is 9.50 Å². The van der Waals surface area contributed by atoms with Crippen LogP contribution in [0.4, 0.5) is 4.39 Å². The van der Waals surface area contributed by atoms with Crippen LogP contribution in [0.1, 0.15) is 29.9 Å². The van der Waals surface area contributed by atoms with Gasteiger partial charge in [0, 0.05) is 24.0 Å². The molecule has 27 heavy (non-hydrogen) atoms. The lowest BCUT2D eigenvalue weighted by molar-refractivity contribution is 0.180. The maximum Gasteiger partial charge on any atom is 0.191 e. The first-order valence-corrected chi connectivity index (χ1v) is 9.01. The quantitative estimate of drug-likeness (QED) is 0.458. The monoisotopic (exact) mass is 369 g/mol. The maximum atomic E-state index is 13.0. The van der Waals surface area contributed by atoms with E-state index in [2.05, 4.69) is 15.6 Å². The number of aliphatic hydroxyl groups excluding tert-OH is 1. The normalized spacial score (nSPS) is 13.0. The fraction of sp³-hybridized carbons (Fsp3) is 0.286. The number of hydrogen-bond acceptors (Lipinski definition) is 3. The Balaban J connectivity index is 1.66. The van der Waals surface area contributed by atoms with Crippen LogP contribution in [0.25, 0.3) is 11.0 Å². The Morgan fingerprint density at radius 3 is 2.59 bits per heavy atom. The summed E-state index contributed by atoms with van der Waals surface area (Å²) < 4.78 is 18.9. The minimum Gasteiger partial charge on any atom is -0.459 e. The van der Waals surface area contributed by atoms with Gasteiger partial charge in [0.2, 0.25) is 0 Å². The van der Waals surface area contributed by atoms with Crippen molar-refractivity contribution in [3.05, 3.63) is 71.2 Å². The van der Waals surface area contributed by atoms with Gasteiger partial charge in [0.15, 0.2) is 5.96 Å². The van der Waals surface area contributed by atoms with E-state index in [-0.39, 0.29) is 12.4 Å². The number of guanidine groups is 1. The van der Waals surface area contributed by atoms with Crippen LogP contribution in [0, 0.1) is 12.7 Å². The molecule has 1 atom stereocenters. The van der Waals surface area contributed by atoms with Crippen LogP contribution >= 0.6 is 0 Å². The summed E-state index contributed by atoms with van der Waals surface area (Å²) in [5, 5.41) is 17.6. The average Bonchev–Trinajstić information content (AvgIpc) is 3.00. The van der Waals surface area contributed by atoms with Crippen LogP contribution in [0.15, 0.2) is 57.9 Å². The molecule has 0 aliphatic carbocycles. The lowest BCUT2D eigenvalue weighted by atomic mass is 10.1. The zero-order valence-electron chi connectivity index (χ0n) is 15.5. The molecule has 0 aliphatic rings. The average molecular weight is 369 g/mol. The van der Waals surface area contributed by atoms with E-state index in [1.165, 1.54) is 12.1 Å². The molecular weight excluding hydrogens is 345 g/mol. The molecule has 3 aromatic rings. The number of aliphatic hydroxyl groups is 1. The largest absolute Gasteiger partial charge is 0.459 e. The van der Waals surface area contributed by atoms with Gasteiger partial charge in [0.05, 0.1) is 6.10 Å². The Labute approximate surface area is 157 Å². The molecule has 3 rings (SSSR count). The number of aryl methyl sites for hydroxylation is 1. The predicted octanol–water partition coefficient (Wildman–Crippen LogP) is 3.67. The number of nitrogens with one attached hydrogen (secondary N) is 2. The minimum absolute atomic E-state index is 0.260. The first kappa shape index (κ1) is 18.9. The van der Waals surface area contributed by atoms with E-state index < -0.39 is 6.10 Å². The highest BCUT2D eigenvalue weighted by Crippen LogP contribution is 2.25. The summed E-state index contributed by atoms with van der Waals surface area (Å²) in [4.78, 5) is 4.55. The van der Waals surface area contributed by atoms with Gasteiger partial charge in [-0.15, -0.1) is 0 Å². The van der Waals surface area contributed by atoms with Gasteiger partial charge in [-0.25, -0.2) is 9.38 Å². The van der Waals surface area contributed by atoms with Crippen LogP contribution < -0.4 is 10.6 Å². The van der Waals surface area contributed by atoms with Crippen molar-refractivity contribution in [3.8, 4) is 0 Å². The smallest absolute Gasteiger partial charge is 0.191 e. The molecule has 1 heterocycles. The lowest BCUT2D eigenvalue weighted by Crippen LogP contribution is -2.39. The second kappa shape index (κ2) is 8.68. The van der Waals surface area contributed by atoms with Gasteiger partial charge < -0.3 is 20.2 Å². The standard InChI is InChI=1S/C21H24FN3O2/c1-3-23-21(24-12-18(26)15-8-10-16(22)11-9-15)25-13-20-14(2)17-6-4-5-7-19(17)27-20/h4-11,18,26H,3,12-13H2,1-2H3,(H2,23,24,25). The highest BCUT2D eigenvalue weighted by Gasteiger charge is 2.11. The predicted molar refractivity (Wildman–Crippen MR) is 105 cm³/mol. The third-order valence-electron chi connectivity index (χ3n) is 4.39. The summed E-state index contributed by atoms with van der Waals surface area (Å²) in [6.45, 7) is 5.34. The van der Waals surface area contributed by atoms with Crippen LogP contribution in [0.5, 0.6) is 0 Å². The Bertz CT molecular complexity index is 919. The van der Waals surface area contributed by atoms with Crippen molar-refractivity contribution in [1.29, 1.82) is 0 Å². The highest BCUT2D eigenvalue weighted by molar-refractivity contribution is 5.82. The third-order valence-corrected chi connectivity index (χ3v) is 4.39. The number of furan rings is 1. The minimum atomic E-state index is -0.762. The van der Waals surface area contributed by atoms with Gasteiger partial charge in [-0.05, 0) is 37.6 Å². The van der Waals surface area contributed by atoms with Gasteiger partial charge in [0.1, 0.15) is 23.7 Å². The molecule has 2 aromatic carbocycles. The molecule has 142 valence electrons. The molecule has 0 bridgehead atoms. The van der Waals surface area contributed by atoms with E-state index in [0.717, 1.165) is 22.3 Å². The fourth-order valence-corrected chi connectivity index (χ4v) is 2.86. The highest BCUT2D eigenvalue weighted by atomic mass is 19.1. The van der Waals surface area contributed by atoms with E-state index >= 15 is 0 Å². The van der Waals surface area contributed by atoms with Crippen molar-refractivity contribution >= 4 is 16.9 Å². The second-order valence-electron chi connectivity index (χ2n) is 6.29. The molecule has 0 saturated carbocycles. The Morgan fingerprint density at radius 2 is 1.89 bits per heavy atom. The van der Waals surface area contributed by atoms with E-state index in [1.54, 1.807) is 12.1 Å². The molecule has 0 amide bonds. The molecule has 0 radical (unpaired) electrons. The van der Waals surface area contributed by atoms with Gasteiger partial charge >= 0.3 is 0 Å². The van der Waals surface area contributed by atoms with Crippen LogP contribution in [-0.2, 0) is 6.54 Å². The van der Waals surface area contributed by atoms with Gasteiger partial charge in [0.25, 0.3) is 0 Å². The Morgan fingerprint density at radius 1 is 1.15 bits per heavy atom. The summed E-state index contributed by atoms with van der Waals surface area (Å²) in [5.74, 6) is 1.07. The van der Waals surface area contributed by atoms with Crippen LogP contribution in [0.3, 0.4) is 0 Å². The molecule has 3 N–H and O–H groups in total. The van der Waals surface area contributed by atoms with Gasteiger partial charge in [-0.3, -0.25) is 0 Å². The van der Waals surface area contributed by atoms with Crippen molar-refractivity contribution in [1.82, 2.24) is 10.6 Å². The molecule has 0 aliphatic heterocycles. The van der Waals surface area contributed by atoms with Crippen molar-refractivity contribution in [2.75, 3.05) is 13.1 Å². The number of aliphatic imine (C=N–C) groups is 1. The topological polar surface area (TPSA) is 69.8 Å². The molecule has 0 saturated heterocycles. The van der Waals surface area contributed by atoms with Gasteiger partial charge in [-0.1, -0.05) is 30.3 Å². The third kappa shape index (κ3) is 4.65. The second-order valence-corrected chi connectivity index (χ2v) is 6.29. The summed E-state index contributed by atoms with van der Waals surface area (Å²) in [6.07, 6.45) is -0.762. The van der Waals surface area contributed by atoms with Gasteiger partial charge in [-0.2, -0.15) is 0 Å². The number of fused-ring (bicyclic) bond motifs is 1. The number of halogens is 1. The van der Waals surface area contributed by atoms with Crippen molar-refractivity contribution in [2.45, 2.75) is 26.5 Å². The Kier molecular flexibility index (Phi) is 6.08. The zero-order valence-corrected chi connectivity index (χ0v) is 15.5. The summed E-state index contributed by atoms with van der Waals surface area (Å²) in [6, 6.07) is 13.7. The van der Waals surface area contributed by atoms with E-state index in [0.29, 0.717) is 24.6 Å². The van der Waals surface area contributed by atoms with Crippen LogP contribution in [0.2, 0.25) is 0 Å². The molecule has 5 nitrogen and oxygen atoms in total. The summed E-state index contributed by atoms with van der Waals surface area (Å²) in [5.41, 5.74) is 2.58. The molecule has 0 fully saturated rings. The first-order chi connectivity index (χ1) is 13.1. The fourth-order valence-electron chi connectivity index (χ4n) is 2.86. The van der Waals surface area contributed by atoms with Crippen molar-refractivity contribution < 1.29 is 13.9 Å². The molecule has 1 unspecified atom stereocenters. The number of hydrogen-bond donors (Lipinski definition) is 3. The lowest BCUT2D eigenvalue weighted by Gasteiger charge is -2.15. The van der Waals surface area contributed by atoms with Crippen molar-refractivity contribution in [3.63, 3.8) is 0 Å². The molecule has 6 heteroatoms. The van der Waals surface area contributed by atoms with Crippen molar-refractivity contribution in [2.24, 2.45) is 4.99 Å². The number of nitrogens with zero attached hydrogens (tertiary/aromatic N) is 1. The first-order valence-electron chi connectivity index (χ1n) is 9.01. The molecular formula is C21H24FN3O2. The van der Waals surface area contributed by atoms with E-state index in [4.69, 9.17) is 4.42 Å². The van der Waals surface area contributed by atoms with Crippen LogP contribution in [-0.4, -0.2) is 24.2 Å².